The molecule has 2 atom stereocenters. The zero-order valence-corrected chi connectivity index (χ0v) is 19.0. The number of allylic oxidation sites excluding steroid dienone is 2. The molecule has 0 radical (unpaired) electrons. The summed E-state index contributed by atoms with van der Waals surface area (Å²) < 4.78 is 9.79. The van der Waals surface area contributed by atoms with E-state index in [-0.39, 0.29) is 11.9 Å². The van der Waals surface area contributed by atoms with Gasteiger partial charge in [-0.05, 0) is 42.2 Å². The Balaban J connectivity index is 4.10. The Bertz CT molecular complexity index is 491. The Labute approximate surface area is 172 Å². The Morgan fingerprint density at radius 3 is 1.75 bits per heavy atom. The largest absolute Gasteiger partial charge is 0.435 e. The number of carbonyl (C=O) groups excluding carboxylic acids is 2. The highest BCUT2D eigenvalue weighted by Gasteiger charge is 2.07. The molecule has 0 aliphatic carbocycles. The quantitative estimate of drug-likeness (QED) is 0.171. The Morgan fingerprint density at radius 2 is 1.25 bits per heavy atom. The first-order valence-corrected chi connectivity index (χ1v) is 10.9. The molecule has 0 aromatic heterocycles. The van der Waals surface area contributed by atoms with Crippen LogP contribution in [0, 0.1) is 17.8 Å². The summed E-state index contributed by atoms with van der Waals surface area (Å²) in [4.78, 5) is 21.9. The molecule has 0 aliphatic rings. The Hall–Kier alpha value is -1.58. The number of hydrogen-bond acceptors (Lipinski definition) is 4. The SMILES string of the molecule is CC(=O)O/C=C/C(=C/OC(C)=O)CCC[C@@H](C)CCC[C@@H](C)CCCC(C)C. The smallest absolute Gasteiger partial charge is 0.307 e. The first-order chi connectivity index (χ1) is 13.2. The molecule has 0 unspecified atom stereocenters. The lowest BCUT2D eigenvalue weighted by Crippen LogP contribution is -2.00. The highest BCUT2D eigenvalue weighted by atomic mass is 16.5. The molecule has 0 rings (SSSR count). The van der Waals surface area contributed by atoms with Crippen molar-refractivity contribution in [1.29, 1.82) is 0 Å². The van der Waals surface area contributed by atoms with Crippen LogP contribution in [0.4, 0.5) is 0 Å². The lowest BCUT2D eigenvalue weighted by Gasteiger charge is -2.15. The predicted octanol–water partition coefficient (Wildman–Crippen LogP) is 6.95. The molecule has 0 aromatic rings. The van der Waals surface area contributed by atoms with Crippen molar-refractivity contribution in [3.8, 4) is 0 Å². The second kappa shape index (κ2) is 16.4. The summed E-state index contributed by atoms with van der Waals surface area (Å²) in [6.45, 7) is 12.0. The van der Waals surface area contributed by atoms with E-state index < -0.39 is 0 Å². The third-order valence-corrected chi connectivity index (χ3v) is 4.93. The summed E-state index contributed by atoms with van der Waals surface area (Å²) in [6, 6.07) is 0. The maximum Gasteiger partial charge on any atom is 0.307 e. The first kappa shape index (κ1) is 26.4. The molecular weight excluding hydrogens is 352 g/mol. The van der Waals surface area contributed by atoms with Crippen LogP contribution >= 0.6 is 0 Å². The van der Waals surface area contributed by atoms with Crippen molar-refractivity contribution in [3.05, 3.63) is 24.2 Å². The standard InChI is InChI=1S/C24H42O4/c1-19(2)10-7-11-20(3)12-8-13-21(4)14-9-15-24(18-28-23(6)26)16-17-27-22(5)25/h16-21H,7-15H2,1-6H3/b17-16+,24-18+/t20-,21-/m0/s1. The van der Waals surface area contributed by atoms with Crippen LogP contribution < -0.4 is 0 Å². The number of rotatable bonds is 15. The van der Waals surface area contributed by atoms with Gasteiger partial charge in [0.2, 0.25) is 0 Å². The molecule has 0 aliphatic heterocycles. The van der Waals surface area contributed by atoms with E-state index in [1.54, 1.807) is 6.08 Å². The average Bonchev–Trinajstić information content (AvgIpc) is 2.58. The molecule has 0 bridgehead atoms. The van der Waals surface area contributed by atoms with Crippen LogP contribution in [0.1, 0.15) is 99.3 Å². The van der Waals surface area contributed by atoms with Crippen LogP contribution in [0.25, 0.3) is 0 Å². The minimum absolute atomic E-state index is 0.353. The molecule has 28 heavy (non-hydrogen) atoms. The Kier molecular flexibility index (Phi) is 15.5. The van der Waals surface area contributed by atoms with Gasteiger partial charge < -0.3 is 9.47 Å². The average molecular weight is 395 g/mol. The summed E-state index contributed by atoms with van der Waals surface area (Å²) in [7, 11) is 0. The third kappa shape index (κ3) is 17.8. The second-order valence-corrected chi connectivity index (χ2v) is 8.57. The molecular formula is C24H42O4. The summed E-state index contributed by atoms with van der Waals surface area (Å²) in [5.41, 5.74) is 0.849. The van der Waals surface area contributed by atoms with Gasteiger partial charge in [-0.1, -0.05) is 72.6 Å². The minimum Gasteiger partial charge on any atom is -0.435 e. The maximum absolute atomic E-state index is 11.0. The fourth-order valence-corrected chi connectivity index (χ4v) is 3.19. The summed E-state index contributed by atoms with van der Waals surface area (Å²) in [6.07, 6.45) is 15.4. The summed E-state index contributed by atoms with van der Waals surface area (Å²) >= 11 is 0. The normalized spacial score (nSPS) is 14.3. The molecule has 4 nitrogen and oxygen atoms in total. The van der Waals surface area contributed by atoms with Gasteiger partial charge in [0.25, 0.3) is 0 Å². The molecule has 0 N–H and O–H groups in total. The van der Waals surface area contributed by atoms with E-state index >= 15 is 0 Å². The fourth-order valence-electron chi connectivity index (χ4n) is 3.19. The lowest BCUT2D eigenvalue weighted by molar-refractivity contribution is -0.136. The van der Waals surface area contributed by atoms with Crippen molar-refractivity contribution in [2.24, 2.45) is 17.8 Å². The molecule has 0 saturated carbocycles. The van der Waals surface area contributed by atoms with Crippen LogP contribution in [0.2, 0.25) is 0 Å². The predicted molar refractivity (Wildman–Crippen MR) is 115 cm³/mol. The van der Waals surface area contributed by atoms with Crippen LogP contribution in [0.15, 0.2) is 24.2 Å². The van der Waals surface area contributed by atoms with Crippen molar-refractivity contribution < 1.29 is 19.1 Å². The van der Waals surface area contributed by atoms with Crippen molar-refractivity contribution in [3.63, 3.8) is 0 Å². The number of carbonyl (C=O) groups is 2. The number of esters is 2. The van der Waals surface area contributed by atoms with Crippen molar-refractivity contribution in [1.82, 2.24) is 0 Å². The van der Waals surface area contributed by atoms with Gasteiger partial charge in [0.05, 0.1) is 12.5 Å². The van der Waals surface area contributed by atoms with Crippen LogP contribution in [-0.4, -0.2) is 11.9 Å². The van der Waals surface area contributed by atoms with Gasteiger partial charge in [0, 0.05) is 13.8 Å². The van der Waals surface area contributed by atoms with Crippen molar-refractivity contribution in [2.75, 3.05) is 0 Å². The van der Waals surface area contributed by atoms with Gasteiger partial charge in [0.15, 0.2) is 0 Å². The Morgan fingerprint density at radius 1 is 0.750 bits per heavy atom. The van der Waals surface area contributed by atoms with E-state index in [4.69, 9.17) is 9.47 Å². The number of hydrogen-bond donors (Lipinski definition) is 0. The summed E-state index contributed by atoms with van der Waals surface area (Å²) in [5.74, 6) is 1.62. The maximum atomic E-state index is 11.0. The van der Waals surface area contributed by atoms with E-state index in [2.05, 4.69) is 27.7 Å². The monoisotopic (exact) mass is 394 g/mol. The molecule has 0 amide bonds. The van der Waals surface area contributed by atoms with Crippen LogP contribution in [0.5, 0.6) is 0 Å². The van der Waals surface area contributed by atoms with Crippen molar-refractivity contribution >= 4 is 11.9 Å². The molecule has 0 fully saturated rings. The highest BCUT2D eigenvalue weighted by Crippen LogP contribution is 2.22. The first-order valence-electron chi connectivity index (χ1n) is 10.9. The molecule has 162 valence electrons. The second-order valence-electron chi connectivity index (χ2n) is 8.57. The van der Waals surface area contributed by atoms with Gasteiger partial charge in [-0.15, -0.1) is 0 Å². The van der Waals surface area contributed by atoms with Crippen LogP contribution in [-0.2, 0) is 19.1 Å². The third-order valence-electron chi connectivity index (χ3n) is 4.93. The topological polar surface area (TPSA) is 52.6 Å². The van der Waals surface area contributed by atoms with E-state index in [1.165, 1.54) is 64.9 Å². The van der Waals surface area contributed by atoms with Gasteiger partial charge in [-0.3, -0.25) is 9.59 Å². The van der Waals surface area contributed by atoms with Gasteiger partial charge in [-0.25, -0.2) is 0 Å². The van der Waals surface area contributed by atoms with E-state index in [0.29, 0.717) is 5.92 Å². The lowest BCUT2D eigenvalue weighted by atomic mass is 9.91. The highest BCUT2D eigenvalue weighted by molar-refractivity contribution is 5.67. The minimum atomic E-state index is -0.366. The van der Waals surface area contributed by atoms with E-state index in [1.807, 2.05) is 0 Å². The molecule has 0 saturated heterocycles. The van der Waals surface area contributed by atoms with Gasteiger partial charge in [0.1, 0.15) is 0 Å². The van der Waals surface area contributed by atoms with Gasteiger partial charge >= 0.3 is 11.9 Å². The molecule has 0 heterocycles. The number of ether oxygens (including phenoxy) is 2. The molecule has 0 spiro atoms. The zero-order chi connectivity index (χ0) is 21.4. The van der Waals surface area contributed by atoms with E-state index in [0.717, 1.165) is 36.7 Å². The molecule has 0 aromatic carbocycles. The fraction of sp³-hybridized carbons (Fsp3) is 0.750. The van der Waals surface area contributed by atoms with Crippen molar-refractivity contribution in [2.45, 2.75) is 99.3 Å². The van der Waals surface area contributed by atoms with Crippen LogP contribution in [0.3, 0.4) is 0 Å². The van der Waals surface area contributed by atoms with E-state index in [9.17, 15) is 9.59 Å². The van der Waals surface area contributed by atoms with Gasteiger partial charge in [-0.2, -0.15) is 0 Å². The zero-order valence-electron chi connectivity index (χ0n) is 19.0. The summed E-state index contributed by atoms with van der Waals surface area (Å²) in [5, 5.41) is 0. The molecule has 4 heteroatoms.